The lowest BCUT2D eigenvalue weighted by molar-refractivity contribution is -0.142. The Labute approximate surface area is 262 Å². The molecule has 0 aliphatic carbocycles. The van der Waals surface area contributed by atoms with Crippen LogP contribution in [0.15, 0.2) is 53.9 Å². The van der Waals surface area contributed by atoms with Gasteiger partial charge in [-0.25, -0.2) is 0 Å². The summed E-state index contributed by atoms with van der Waals surface area (Å²) in [5, 5.41) is 20.2. The first-order chi connectivity index (χ1) is 20.0. The lowest BCUT2D eigenvalue weighted by Crippen LogP contribution is -2.44. The molecule has 1 aliphatic rings. The second kappa shape index (κ2) is 20.9. The number of carbonyl (C=O) groups excluding carboxylic acids is 3. The zero-order valence-corrected chi connectivity index (χ0v) is 26.7. The van der Waals surface area contributed by atoms with E-state index in [-0.39, 0.29) is 38.4 Å². The van der Waals surface area contributed by atoms with Crippen molar-refractivity contribution in [2.45, 2.75) is 38.8 Å². The first kappa shape index (κ1) is 37.1. The number of esters is 1. The maximum atomic E-state index is 11.7. The van der Waals surface area contributed by atoms with Crippen molar-refractivity contribution in [3.05, 3.63) is 74.5 Å². The number of allylic oxidation sites excluding steroid dienone is 1. The molecule has 42 heavy (non-hydrogen) atoms. The van der Waals surface area contributed by atoms with Gasteiger partial charge in [-0.05, 0) is 81.7 Å². The number of nitrogens with two attached hydrogens (primary N) is 1. The second-order valence-corrected chi connectivity index (χ2v) is 10.6. The minimum absolute atomic E-state index is 0.00596. The van der Waals surface area contributed by atoms with Crippen LogP contribution in [0.4, 0.5) is 0 Å². The first-order valence-corrected chi connectivity index (χ1v) is 14.7. The molecule has 3 rings (SSSR count). The van der Waals surface area contributed by atoms with Crippen LogP contribution in [0, 0.1) is 12.3 Å². The molecule has 2 atom stereocenters. The fourth-order valence-corrected chi connectivity index (χ4v) is 4.24. The molecule has 2 aromatic rings. The molecule has 0 bridgehead atoms. The zero-order chi connectivity index (χ0) is 31.5. The number of hydrogen-bond acceptors (Lipinski definition) is 9. The van der Waals surface area contributed by atoms with E-state index in [1.807, 2.05) is 25.1 Å². The number of nitrogens with one attached hydrogen (secondary N) is 5. The van der Waals surface area contributed by atoms with E-state index in [9.17, 15) is 14.4 Å². The average Bonchev–Trinajstić information content (AvgIpc) is 3.00. The molecule has 1 aliphatic heterocycles. The summed E-state index contributed by atoms with van der Waals surface area (Å²) in [7, 11) is 1.34. The van der Waals surface area contributed by atoms with E-state index in [1.165, 1.54) is 7.11 Å². The molecular weight excluding hydrogens is 626 g/mol. The SMILES string of the molecule is COC(=O)C(C)NPOc1ccc(Cl)cc1.Cc1c(Cl)cccc1Cl.N=C/C(NC=O)=C(\N)C(=O)NC1CCNCC1. The number of carbonyl (C=O) groups is 3. The molecule has 11 nitrogen and oxygen atoms in total. The number of amides is 2. The third-order valence-electron chi connectivity index (χ3n) is 5.58. The van der Waals surface area contributed by atoms with Crippen molar-refractivity contribution in [3.63, 3.8) is 0 Å². The van der Waals surface area contributed by atoms with Crippen molar-refractivity contribution in [3.8, 4) is 5.75 Å². The Balaban J connectivity index is 0.000000329. The molecule has 0 saturated carbocycles. The lowest BCUT2D eigenvalue weighted by atomic mass is 10.1. The Bertz CT molecular complexity index is 1180. The predicted octanol–water partition coefficient (Wildman–Crippen LogP) is 4.10. The molecular formula is C27H36Cl3N6O5P. The first-order valence-electron chi connectivity index (χ1n) is 12.7. The normalized spacial score (nSPS) is 14.1. The number of halogens is 3. The number of benzene rings is 2. The number of ether oxygens (including phenoxy) is 1. The molecule has 0 aromatic heterocycles. The highest BCUT2D eigenvalue weighted by molar-refractivity contribution is 7.30. The number of rotatable bonds is 10. The summed E-state index contributed by atoms with van der Waals surface area (Å²) in [6.45, 7) is 5.33. The van der Waals surface area contributed by atoms with Gasteiger partial charge in [-0.15, -0.1) is 0 Å². The van der Waals surface area contributed by atoms with Gasteiger partial charge in [0, 0.05) is 27.3 Å². The van der Waals surface area contributed by atoms with Crippen LogP contribution in [0.25, 0.3) is 0 Å². The van der Waals surface area contributed by atoms with Crippen molar-refractivity contribution in [1.82, 2.24) is 21.0 Å². The van der Waals surface area contributed by atoms with Gasteiger partial charge in [0.25, 0.3) is 5.91 Å². The molecule has 15 heteroatoms. The standard InChI is InChI=1S/C10H13ClNO3P.C10H17N5O2.C7H6Cl2/c1-7(10(13)14-2)12-16-15-9-5-3-8(11)4-6-9;11-5-8(14-6-16)9(12)10(17)15-7-1-3-13-4-2-7;1-5-6(8)3-2-4-7(5)9/h3-7,12,16H,1-2H3;5-7,11,13H,1-4,12H2,(H,14,16)(H,15,17);2-4H,1H3/b;9-8+,11-5?;. The van der Waals surface area contributed by atoms with Gasteiger partial charge in [-0.2, -0.15) is 0 Å². The van der Waals surface area contributed by atoms with E-state index in [0.717, 1.165) is 47.8 Å². The van der Waals surface area contributed by atoms with Crippen LogP contribution in [-0.4, -0.2) is 56.8 Å². The number of hydrogen-bond donors (Lipinski definition) is 6. The Morgan fingerprint density at radius 2 is 1.71 bits per heavy atom. The molecule has 7 N–H and O–H groups in total. The van der Waals surface area contributed by atoms with Gasteiger partial charge in [-0.3, -0.25) is 19.5 Å². The molecule has 1 fully saturated rings. The maximum absolute atomic E-state index is 11.7. The van der Waals surface area contributed by atoms with Crippen LogP contribution >= 0.6 is 43.8 Å². The lowest BCUT2D eigenvalue weighted by Gasteiger charge is -2.23. The van der Waals surface area contributed by atoms with Crippen LogP contribution in [0.1, 0.15) is 25.3 Å². The Kier molecular flexibility index (Phi) is 18.4. The van der Waals surface area contributed by atoms with E-state index >= 15 is 0 Å². The highest BCUT2D eigenvalue weighted by Gasteiger charge is 2.18. The van der Waals surface area contributed by atoms with Crippen LogP contribution in [0.2, 0.25) is 15.1 Å². The summed E-state index contributed by atoms with van der Waals surface area (Å²) in [5.41, 5.74) is 6.36. The van der Waals surface area contributed by atoms with Crippen LogP contribution < -0.4 is 31.3 Å². The second-order valence-electron chi connectivity index (χ2n) is 8.63. The minimum atomic E-state index is -0.454. The summed E-state index contributed by atoms with van der Waals surface area (Å²) in [6, 6.07) is 12.2. The molecule has 0 radical (unpaired) electrons. The average molecular weight is 662 g/mol. The van der Waals surface area contributed by atoms with Crippen LogP contribution in [-0.2, 0) is 19.1 Å². The number of methoxy groups -OCH3 is 1. The van der Waals surface area contributed by atoms with E-state index < -0.39 is 5.91 Å². The van der Waals surface area contributed by atoms with Crippen molar-refractivity contribution >= 4 is 68.3 Å². The summed E-state index contributed by atoms with van der Waals surface area (Å²) in [6.07, 6.45) is 2.91. The zero-order valence-electron chi connectivity index (χ0n) is 23.4. The quantitative estimate of drug-likeness (QED) is 0.0728. The topological polar surface area (TPSA) is 168 Å². The molecule has 2 unspecified atom stereocenters. The van der Waals surface area contributed by atoms with E-state index in [4.69, 9.17) is 50.5 Å². The maximum Gasteiger partial charge on any atom is 0.322 e. The smallest absolute Gasteiger partial charge is 0.322 e. The number of piperidine rings is 1. The van der Waals surface area contributed by atoms with Crippen molar-refractivity contribution in [1.29, 1.82) is 5.41 Å². The molecule has 1 saturated heterocycles. The highest BCUT2D eigenvalue weighted by atomic mass is 35.5. The van der Waals surface area contributed by atoms with Gasteiger partial charge >= 0.3 is 5.97 Å². The fraction of sp³-hybridized carbons (Fsp3) is 0.333. The van der Waals surface area contributed by atoms with E-state index in [2.05, 4.69) is 25.8 Å². The van der Waals surface area contributed by atoms with Gasteiger partial charge in [0.2, 0.25) is 6.41 Å². The predicted molar refractivity (Wildman–Crippen MR) is 169 cm³/mol. The third-order valence-corrected chi connectivity index (χ3v) is 7.54. The minimum Gasteiger partial charge on any atom is -0.468 e. The van der Waals surface area contributed by atoms with Gasteiger partial charge in [0.05, 0.1) is 12.8 Å². The van der Waals surface area contributed by atoms with E-state index in [0.29, 0.717) is 17.2 Å². The van der Waals surface area contributed by atoms with Crippen molar-refractivity contribution < 1.29 is 23.6 Å². The van der Waals surface area contributed by atoms with Gasteiger partial charge in [-0.1, -0.05) is 40.9 Å². The molecule has 0 spiro atoms. The molecule has 1 heterocycles. The third kappa shape index (κ3) is 14.3. The van der Waals surface area contributed by atoms with E-state index in [1.54, 1.807) is 31.2 Å². The fourth-order valence-electron chi connectivity index (χ4n) is 3.11. The van der Waals surface area contributed by atoms with Gasteiger partial charge < -0.3 is 36.4 Å². The Morgan fingerprint density at radius 3 is 2.21 bits per heavy atom. The summed E-state index contributed by atoms with van der Waals surface area (Å²) in [5.74, 6) is -0.0655. The highest BCUT2D eigenvalue weighted by Crippen LogP contribution is 2.22. The largest absolute Gasteiger partial charge is 0.468 e. The molecule has 230 valence electrons. The summed E-state index contributed by atoms with van der Waals surface area (Å²) >= 11 is 17.2. The van der Waals surface area contributed by atoms with Gasteiger partial charge in [0.1, 0.15) is 26.4 Å². The summed E-state index contributed by atoms with van der Waals surface area (Å²) < 4.78 is 9.94. The van der Waals surface area contributed by atoms with Crippen LogP contribution in [0.3, 0.4) is 0 Å². The van der Waals surface area contributed by atoms with Gasteiger partial charge in [0.15, 0.2) is 0 Å². The summed E-state index contributed by atoms with van der Waals surface area (Å²) in [4.78, 5) is 33.0. The monoisotopic (exact) mass is 660 g/mol. The van der Waals surface area contributed by atoms with Crippen molar-refractivity contribution in [2.75, 3.05) is 20.2 Å². The van der Waals surface area contributed by atoms with Crippen LogP contribution in [0.5, 0.6) is 5.75 Å². The molecule has 2 aromatic carbocycles. The van der Waals surface area contributed by atoms with Crippen molar-refractivity contribution in [2.24, 2.45) is 5.73 Å². The molecule has 2 amide bonds. The Hall–Kier alpha value is -2.92. The Morgan fingerprint density at radius 1 is 1.12 bits per heavy atom.